The molecule has 2 saturated carbocycles. The molecule has 1 amide bonds. The highest BCUT2D eigenvalue weighted by molar-refractivity contribution is 5.80. The van der Waals surface area contributed by atoms with Crippen molar-refractivity contribution in [1.82, 2.24) is 20.2 Å². The van der Waals surface area contributed by atoms with Gasteiger partial charge in [0, 0.05) is 48.9 Å². The molecule has 6 nitrogen and oxygen atoms in total. The number of aliphatic hydroxyl groups is 1. The summed E-state index contributed by atoms with van der Waals surface area (Å²) in [6.07, 6.45) is 9.04. The molecule has 27 heavy (non-hydrogen) atoms. The van der Waals surface area contributed by atoms with Crippen molar-refractivity contribution in [3.05, 3.63) is 17.7 Å². The summed E-state index contributed by atoms with van der Waals surface area (Å²) < 4.78 is 0. The lowest BCUT2D eigenvalue weighted by molar-refractivity contribution is -0.137. The second kappa shape index (κ2) is 7.92. The fourth-order valence-corrected chi connectivity index (χ4v) is 5.25. The minimum atomic E-state index is -0.655. The first-order chi connectivity index (χ1) is 13.0. The maximum Gasteiger partial charge on any atom is 0.228 e. The first-order valence-electron chi connectivity index (χ1n) is 10.8. The predicted molar refractivity (Wildman–Crippen MR) is 105 cm³/mol. The fraction of sp³-hybridized carbons (Fsp3) is 0.810. The molecular formula is C21H34N4O2. The van der Waals surface area contributed by atoms with Crippen LogP contribution in [0.3, 0.4) is 0 Å². The van der Waals surface area contributed by atoms with Crippen LogP contribution in [0.4, 0.5) is 0 Å². The molecule has 3 N–H and O–H groups in total. The molecule has 1 aromatic rings. The lowest BCUT2D eigenvalue weighted by Crippen LogP contribution is -2.40. The summed E-state index contributed by atoms with van der Waals surface area (Å²) in [5.74, 6) is 1.01. The maximum absolute atomic E-state index is 13.0. The number of imidazole rings is 1. The lowest BCUT2D eigenvalue weighted by atomic mass is 9.95. The third-order valence-electron chi connectivity index (χ3n) is 6.78. The van der Waals surface area contributed by atoms with Gasteiger partial charge in [-0.15, -0.1) is 0 Å². The number of aromatic amines is 1. The zero-order valence-corrected chi connectivity index (χ0v) is 16.7. The molecule has 3 aliphatic rings. The number of aromatic nitrogens is 2. The number of hydrogen-bond donors (Lipinski definition) is 3. The highest BCUT2D eigenvalue weighted by Gasteiger charge is 2.49. The summed E-state index contributed by atoms with van der Waals surface area (Å²) in [7, 11) is 0. The zero-order valence-electron chi connectivity index (χ0n) is 16.7. The highest BCUT2D eigenvalue weighted by atomic mass is 16.3. The summed E-state index contributed by atoms with van der Waals surface area (Å²) in [5.41, 5.74) is 0.971. The number of carbonyl (C=O) groups excluding carboxylic acids is 1. The summed E-state index contributed by atoms with van der Waals surface area (Å²) in [6, 6.07) is 0.637. The number of hydrogen-bond acceptors (Lipinski definition) is 4. The lowest BCUT2D eigenvalue weighted by Gasteiger charge is -2.25. The number of H-pyrrole nitrogens is 1. The van der Waals surface area contributed by atoms with Crippen molar-refractivity contribution in [3.63, 3.8) is 0 Å². The minimum absolute atomic E-state index is 0.0952. The van der Waals surface area contributed by atoms with Crippen LogP contribution in [-0.4, -0.2) is 57.2 Å². The fourth-order valence-electron chi connectivity index (χ4n) is 5.25. The average molecular weight is 375 g/mol. The Kier molecular flexibility index (Phi) is 5.55. The molecule has 1 aliphatic heterocycles. The van der Waals surface area contributed by atoms with Crippen molar-refractivity contribution in [1.29, 1.82) is 0 Å². The van der Waals surface area contributed by atoms with Crippen LogP contribution in [-0.2, 0) is 4.79 Å². The number of aliphatic hydroxyl groups excluding tert-OH is 1. The predicted octanol–water partition coefficient (Wildman–Crippen LogP) is 2.52. The van der Waals surface area contributed by atoms with Crippen molar-refractivity contribution in [3.8, 4) is 0 Å². The molecule has 0 spiro atoms. The molecule has 0 aromatic carbocycles. The molecular weight excluding hydrogens is 340 g/mol. The summed E-state index contributed by atoms with van der Waals surface area (Å²) in [5, 5.41) is 15.0. The second-order valence-corrected chi connectivity index (χ2v) is 9.02. The minimum Gasteiger partial charge on any atom is -0.392 e. The molecule has 1 aromatic heterocycles. The molecule has 1 saturated heterocycles. The van der Waals surface area contributed by atoms with Gasteiger partial charge in [-0.2, -0.15) is 0 Å². The molecule has 150 valence electrons. The van der Waals surface area contributed by atoms with E-state index in [2.05, 4.69) is 29.1 Å². The Morgan fingerprint density at radius 3 is 2.59 bits per heavy atom. The van der Waals surface area contributed by atoms with Gasteiger partial charge in [0.2, 0.25) is 5.91 Å². The first kappa shape index (κ1) is 18.9. The van der Waals surface area contributed by atoms with Crippen LogP contribution in [0.25, 0.3) is 0 Å². The second-order valence-electron chi connectivity index (χ2n) is 9.02. The molecule has 2 aliphatic carbocycles. The maximum atomic E-state index is 13.0. The van der Waals surface area contributed by atoms with Gasteiger partial charge in [-0.1, -0.05) is 26.7 Å². The van der Waals surface area contributed by atoms with Gasteiger partial charge < -0.3 is 20.3 Å². The van der Waals surface area contributed by atoms with Crippen LogP contribution in [0.1, 0.15) is 82.1 Å². The number of nitrogens with zero attached hydrogens (tertiary/aromatic N) is 2. The average Bonchev–Trinajstić information content (AvgIpc) is 3.43. The van der Waals surface area contributed by atoms with E-state index in [9.17, 15) is 9.90 Å². The van der Waals surface area contributed by atoms with E-state index in [1.54, 1.807) is 0 Å². The van der Waals surface area contributed by atoms with Gasteiger partial charge in [-0.05, 0) is 32.1 Å². The van der Waals surface area contributed by atoms with Crippen LogP contribution >= 0.6 is 0 Å². The Hall–Kier alpha value is -1.40. The molecule has 4 rings (SSSR count). The van der Waals surface area contributed by atoms with E-state index in [1.807, 2.05) is 11.1 Å². The van der Waals surface area contributed by atoms with Crippen molar-refractivity contribution < 1.29 is 9.90 Å². The number of carbonyl (C=O) groups is 1. The van der Waals surface area contributed by atoms with Crippen LogP contribution in [0.15, 0.2) is 6.20 Å². The molecule has 0 unspecified atom stereocenters. The smallest absolute Gasteiger partial charge is 0.228 e. The Morgan fingerprint density at radius 1 is 1.26 bits per heavy atom. The highest BCUT2D eigenvalue weighted by Crippen LogP contribution is 2.41. The van der Waals surface area contributed by atoms with E-state index < -0.39 is 6.10 Å². The Labute approximate surface area is 162 Å². The topological polar surface area (TPSA) is 81.2 Å². The van der Waals surface area contributed by atoms with Crippen LogP contribution < -0.4 is 5.32 Å². The van der Waals surface area contributed by atoms with Crippen LogP contribution in [0.2, 0.25) is 0 Å². The molecule has 6 heteroatoms. The van der Waals surface area contributed by atoms with E-state index in [-0.39, 0.29) is 23.8 Å². The van der Waals surface area contributed by atoms with E-state index in [0.29, 0.717) is 18.4 Å². The van der Waals surface area contributed by atoms with Gasteiger partial charge >= 0.3 is 0 Å². The van der Waals surface area contributed by atoms with E-state index >= 15 is 0 Å². The van der Waals surface area contributed by atoms with E-state index in [1.165, 1.54) is 25.7 Å². The van der Waals surface area contributed by atoms with Gasteiger partial charge in [0.15, 0.2) is 0 Å². The van der Waals surface area contributed by atoms with Gasteiger partial charge in [0.25, 0.3) is 0 Å². The standard InChI is InChI=1S/C21H34N4O2/c1-13(2)20-22-12-17(24-20)18-16(23-14-7-3-4-8-14)11-15(19(18)26)21(27)25-9-5-6-10-25/h12-16,18-19,23,26H,3-11H2,1-2H3,(H,22,24)/t15-,16+,18+,19+/m0/s1. The molecule has 0 bridgehead atoms. The normalized spacial score (nSPS) is 32.1. The Morgan fingerprint density at radius 2 is 1.96 bits per heavy atom. The number of amides is 1. The number of nitrogens with one attached hydrogen (secondary N) is 2. The number of rotatable bonds is 5. The quantitative estimate of drug-likeness (QED) is 0.740. The van der Waals surface area contributed by atoms with E-state index in [4.69, 9.17) is 0 Å². The molecule has 3 fully saturated rings. The van der Waals surface area contributed by atoms with Gasteiger partial charge in [0.05, 0.1) is 12.0 Å². The zero-order chi connectivity index (χ0) is 19.0. The van der Waals surface area contributed by atoms with Gasteiger partial charge in [-0.25, -0.2) is 4.98 Å². The van der Waals surface area contributed by atoms with Gasteiger partial charge in [-0.3, -0.25) is 4.79 Å². The Balaban J connectivity index is 1.56. The third-order valence-corrected chi connectivity index (χ3v) is 6.78. The largest absolute Gasteiger partial charge is 0.392 e. The van der Waals surface area contributed by atoms with Crippen molar-refractivity contribution in [2.75, 3.05) is 13.1 Å². The Bertz CT molecular complexity index is 646. The molecule has 0 radical (unpaired) electrons. The van der Waals surface area contributed by atoms with Gasteiger partial charge in [0.1, 0.15) is 5.82 Å². The van der Waals surface area contributed by atoms with Crippen molar-refractivity contribution in [2.45, 2.75) is 88.8 Å². The monoisotopic (exact) mass is 374 g/mol. The molecule has 2 heterocycles. The van der Waals surface area contributed by atoms with Crippen LogP contribution in [0, 0.1) is 5.92 Å². The summed E-state index contributed by atoms with van der Waals surface area (Å²) in [6.45, 7) is 5.91. The van der Waals surface area contributed by atoms with Crippen LogP contribution in [0.5, 0.6) is 0 Å². The van der Waals surface area contributed by atoms with E-state index in [0.717, 1.165) is 37.4 Å². The molecule has 4 atom stereocenters. The summed E-state index contributed by atoms with van der Waals surface area (Å²) >= 11 is 0. The summed E-state index contributed by atoms with van der Waals surface area (Å²) in [4.78, 5) is 22.9. The first-order valence-corrected chi connectivity index (χ1v) is 10.8. The third kappa shape index (κ3) is 3.79. The van der Waals surface area contributed by atoms with Crippen molar-refractivity contribution >= 4 is 5.91 Å². The number of likely N-dealkylation sites (tertiary alicyclic amines) is 1. The van der Waals surface area contributed by atoms with Crippen molar-refractivity contribution in [2.24, 2.45) is 5.92 Å². The SMILES string of the molecule is CC(C)c1ncc([C@@H]2[C@H](O)[C@@H](C(=O)N3CCCC3)C[C@H]2NC2CCCC2)[nH]1.